The van der Waals surface area contributed by atoms with Crippen LogP contribution in [0.15, 0.2) is 30.3 Å². The van der Waals surface area contributed by atoms with Crippen LogP contribution in [0.5, 0.6) is 0 Å². The molecule has 3 atom stereocenters. The second-order valence-electron chi connectivity index (χ2n) is 8.95. The third kappa shape index (κ3) is 3.49. The number of thiophene rings is 1. The number of nitrogens with zero attached hydrogens (tertiary/aromatic N) is 1. The van der Waals surface area contributed by atoms with Crippen molar-refractivity contribution in [1.29, 1.82) is 5.26 Å². The number of fused-ring (bicyclic) bond motifs is 1. The molecule has 1 saturated carbocycles. The number of benzene rings is 1. The fourth-order valence-electron chi connectivity index (χ4n) is 4.51. The minimum Gasteiger partial charge on any atom is -0.316 e. The predicted molar refractivity (Wildman–Crippen MR) is 115 cm³/mol. The van der Waals surface area contributed by atoms with E-state index in [1.165, 1.54) is 16.0 Å². The molecule has 146 valence electrons. The van der Waals surface area contributed by atoms with Crippen molar-refractivity contribution in [2.75, 3.05) is 5.32 Å². The summed E-state index contributed by atoms with van der Waals surface area (Å²) >= 11 is 1.63. The summed E-state index contributed by atoms with van der Waals surface area (Å²) in [6, 6.07) is 12.6. The lowest BCUT2D eigenvalue weighted by atomic mass is 9.69. The molecule has 1 amide bonds. The van der Waals surface area contributed by atoms with Crippen molar-refractivity contribution in [3.63, 3.8) is 0 Å². The smallest absolute Gasteiger partial charge is 0.228 e. The molecule has 2 aliphatic carbocycles. The molecule has 4 heteroatoms. The van der Waals surface area contributed by atoms with Crippen molar-refractivity contribution in [2.24, 2.45) is 17.3 Å². The number of hydrogen-bond donors (Lipinski definition) is 1. The Morgan fingerprint density at radius 2 is 2.07 bits per heavy atom. The zero-order valence-corrected chi connectivity index (χ0v) is 17.7. The molecule has 1 fully saturated rings. The van der Waals surface area contributed by atoms with Gasteiger partial charge >= 0.3 is 0 Å². The zero-order valence-electron chi connectivity index (χ0n) is 16.9. The fourth-order valence-corrected chi connectivity index (χ4v) is 5.79. The minimum atomic E-state index is 0.0276. The lowest BCUT2D eigenvalue weighted by molar-refractivity contribution is -0.117. The fraction of sp³-hybridized carbons (Fsp3) is 0.500. The molecule has 0 bridgehead atoms. The van der Waals surface area contributed by atoms with Gasteiger partial charge in [0.15, 0.2) is 0 Å². The van der Waals surface area contributed by atoms with Crippen LogP contribution in [-0.4, -0.2) is 5.91 Å². The van der Waals surface area contributed by atoms with E-state index in [0.29, 0.717) is 22.8 Å². The van der Waals surface area contributed by atoms with Gasteiger partial charge in [0.25, 0.3) is 0 Å². The Hall–Kier alpha value is -2.12. The third-order valence-corrected chi connectivity index (χ3v) is 8.15. The van der Waals surface area contributed by atoms with E-state index >= 15 is 0 Å². The number of rotatable bonds is 5. The van der Waals surface area contributed by atoms with Gasteiger partial charge in [-0.05, 0) is 54.1 Å². The van der Waals surface area contributed by atoms with E-state index in [-0.39, 0.29) is 11.8 Å². The van der Waals surface area contributed by atoms with Gasteiger partial charge in [-0.3, -0.25) is 4.79 Å². The summed E-state index contributed by atoms with van der Waals surface area (Å²) in [5, 5.41) is 13.6. The number of hydrogen-bond acceptors (Lipinski definition) is 3. The van der Waals surface area contributed by atoms with Gasteiger partial charge in [-0.25, -0.2) is 0 Å². The molecular weight excluding hydrogens is 364 g/mol. The van der Waals surface area contributed by atoms with Crippen LogP contribution in [0.3, 0.4) is 0 Å². The highest BCUT2D eigenvalue weighted by atomic mass is 32.1. The Balaban J connectivity index is 1.49. The summed E-state index contributed by atoms with van der Waals surface area (Å²) in [6.45, 7) is 6.96. The van der Waals surface area contributed by atoms with Crippen molar-refractivity contribution < 1.29 is 4.79 Å². The Morgan fingerprint density at radius 3 is 2.75 bits per heavy atom. The maximum atomic E-state index is 12.8. The Bertz CT molecular complexity index is 922. The summed E-state index contributed by atoms with van der Waals surface area (Å²) in [6.07, 6.45) is 5.17. The largest absolute Gasteiger partial charge is 0.316 e. The van der Waals surface area contributed by atoms with E-state index in [2.05, 4.69) is 44.3 Å². The first-order valence-electron chi connectivity index (χ1n) is 10.3. The summed E-state index contributed by atoms with van der Waals surface area (Å²) in [4.78, 5) is 14.1. The summed E-state index contributed by atoms with van der Waals surface area (Å²) < 4.78 is 0. The van der Waals surface area contributed by atoms with Crippen LogP contribution in [0.4, 0.5) is 5.00 Å². The first kappa shape index (κ1) is 19.2. The number of anilines is 1. The van der Waals surface area contributed by atoms with Crippen LogP contribution in [0.1, 0.15) is 67.5 Å². The Kier molecular flexibility index (Phi) is 5.05. The minimum absolute atomic E-state index is 0.0276. The van der Waals surface area contributed by atoms with Crippen LogP contribution in [0.2, 0.25) is 0 Å². The van der Waals surface area contributed by atoms with E-state index in [0.717, 1.165) is 37.1 Å². The molecule has 0 unspecified atom stereocenters. The molecule has 1 heterocycles. The molecule has 0 aliphatic heterocycles. The van der Waals surface area contributed by atoms with Crippen molar-refractivity contribution in [3.8, 4) is 6.07 Å². The molecule has 0 radical (unpaired) electrons. The SMILES string of the molecule is CCC(C)(C)[C@@H]1CCc2c(sc(NC(=O)[C@H]3C[C@H]3c3ccccc3)c2C#N)C1. The molecule has 4 rings (SSSR count). The first-order valence-corrected chi connectivity index (χ1v) is 11.2. The summed E-state index contributed by atoms with van der Waals surface area (Å²) in [7, 11) is 0. The summed E-state index contributed by atoms with van der Waals surface area (Å²) in [5.41, 5.74) is 3.44. The van der Waals surface area contributed by atoms with Crippen molar-refractivity contribution in [3.05, 3.63) is 51.9 Å². The maximum absolute atomic E-state index is 12.8. The van der Waals surface area contributed by atoms with E-state index in [4.69, 9.17) is 0 Å². The van der Waals surface area contributed by atoms with Gasteiger partial charge in [0.05, 0.1) is 5.56 Å². The monoisotopic (exact) mass is 392 g/mol. The number of nitriles is 1. The molecule has 2 aliphatic rings. The number of amides is 1. The van der Waals surface area contributed by atoms with Crippen LogP contribution in [0, 0.1) is 28.6 Å². The maximum Gasteiger partial charge on any atom is 0.228 e. The highest BCUT2D eigenvalue weighted by molar-refractivity contribution is 7.16. The summed E-state index contributed by atoms with van der Waals surface area (Å²) in [5.74, 6) is 1.05. The zero-order chi connectivity index (χ0) is 19.9. The average Bonchev–Trinajstić information content (AvgIpc) is 3.44. The van der Waals surface area contributed by atoms with Crippen LogP contribution >= 0.6 is 11.3 Å². The topological polar surface area (TPSA) is 52.9 Å². The third-order valence-electron chi connectivity index (χ3n) is 6.99. The lowest BCUT2D eigenvalue weighted by Crippen LogP contribution is -2.28. The normalized spacial score (nSPS) is 23.6. The van der Waals surface area contributed by atoms with Crippen molar-refractivity contribution >= 4 is 22.2 Å². The van der Waals surface area contributed by atoms with Gasteiger partial charge in [0, 0.05) is 10.8 Å². The van der Waals surface area contributed by atoms with Gasteiger partial charge in [0.2, 0.25) is 5.91 Å². The van der Waals surface area contributed by atoms with Gasteiger partial charge in [-0.2, -0.15) is 5.26 Å². The molecule has 28 heavy (non-hydrogen) atoms. The van der Waals surface area contributed by atoms with Gasteiger partial charge in [-0.1, -0.05) is 57.5 Å². The van der Waals surface area contributed by atoms with Gasteiger partial charge in [0.1, 0.15) is 11.1 Å². The van der Waals surface area contributed by atoms with E-state index < -0.39 is 0 Å². The first-order chi connectivity index (χ1) is 13.4. The van der Waals surface area contributed by atoms with Crippen LogP contribution in [0.25, 0.3) is 0 Å². The van der Waals surface area contributed by atoms with Crippen molar-refractivity contribution in [2.45, 2.75) is 58.8 Å². The molecule has 3 nitrogen and oxygen atoms in total. The van der Waals surface area contributed by atoms with Gasteiger partial charge in [-0.15, -0.1) is 11.3 Å². The van der Waals surface area contributed by atoms with Crippen LogP contribution in [-0.2, 0) is 17.6 Å². The van der Waals surface area contributed by atoms with E-state index in [9.17, 15) is 10.1 Å². The lowest BCUT2D eigenvalue weighted by Gasteiger charge is -2.36. The Morgan fingerprint density at radius 1 is 1.32 bits per heavy atom. The van der Waals surface area contributed by atoms with Crippen LogP contribution < -0.4 is 5.32 Å². The number of carbonyl (C=O) groups excluding carboxylic acids is 1. The Labute approximate surface area is 171 Å². The second kappa shape index (κ2) is 7.37. The second-order valence-corrected chi connectivity index (χ2v) is 10.1. The van der Waals surface area contributed by atoms with E-state index in [1.54, 1.807) is 11.3 Å². The standard InChI is InChI=1S/C24H28N2OS/c1-4-24(2,3)16-10-11-17-20(14-25)23(28-21(17)12-16)26-22(27)19-13-18(19)15-8-6-5-7-9-15/h5-9,16,18-19H,4,10-13H2,1-3H3,(H,26,27)/t16-,18+,19+/m1/s1. The predicted octanol–water partition coefficient (Wildman–Crippen LogP) is 5.90. The molecule has 2 aromatic rings. The quantitative estimate of drug-likeness (QED) is 0.688. The molecule has 0 saturated heterocycles. The molecule has 1 N–H and O–H groups in total. The molecule has 0 spiro atoms. The molecular formula is C24H28N2OS. The molecule has 1 aromatic carbocycles. The number of nitrogens with one attached hydrogen (secondary N) is 1. The van der Waals surface area contributed by atoms with E-state index in [1.807, 2.05) is 18.2 Å². The highest BCUT2D eigenvalue weighted by Gasteiger charge is 2.44. The molecule has 1 aromatic heterocycles. The van der Waals surface area contributed by atoms with Crippen molar-refractivity contribution in [1.82, 2.24) is 0 Å². The van der Waals surface area contributed by atoms with Gasteiger partial charge < -0.3 is 5.32 Å². The highest BCUT2D eigenvalue weighted by Crippen LogP contribution is 2.49. The average molecular weight is 393 g/mol. The number of carbonyl (C=O) groups is 1.